The Morgan fingerprint density at radius 2 is 1.89 bits per heavy atom. The molecule has 0 atom stereocenters. The summed E-state index contributed by atoms with van der Waals surface area (Å²) in [6.45, 7) is 2.17. The van der Waals surface area contributed by atoms with Crippen molar-refractivity contribution in [2.75, 3.05) is 7.05 Å². The molecule has 0 unspecified atom stereocenters. The maximum absolute atomic E-state index is 11.8. The largest absolute Gasteiger partial charge is 0.241 e. The second-order valence-electron chi connectivity index (χ2n) is 4.32. The molecule has 0 saturated carbocycles. The van der Waals surface area contributed by atoms with Gasteiger partial charge in [-0.15, -0.1) is 0 Å². The van der Waals surface area contributed by atoms with Crippen LogP contribution in [0.5, 0.6) is 0 Å². The third-order valence-corrected chi connectivity index (χ3v) is 4.30. The zero-order valence-corrected chi connectivity index (χ0v) is 12.4. The molecular weight excluding hydrogens is 258 g/mol. The smallest absolute Gasteiger partial charge is 0.214 e. The Hall–Kier alpha value is -1.31. The Balaban J connectivity index is 2.77. The molecule has 0 aliphatic heterocycles. The molecule has 1 aromatic carbocycles. The lowest BCUT2D eigenvalue weighted by Crippen LogP contribution is -2.19. The number of hydrogen-bond donors (Lipinski definition) is 1. The standard InChI is InChI=1S/C15H21NO2S/c1-3-4-5-6-7-8-11-14-12-9-10-13-15(14)19(17,18)16-2/h9-10,12-13,16H,3-7H2,1-2H3. The van der Waals surface area contributed by atoms with Crippen molar-refractivity contribution in [3.8, 4) is 11.8 Å². The highest BCUT2D eigenvalue weighted by Crippen LogP contribution is 2.13. The number of unbranched alkanes of at least 4 members (excludes halogenated alkanes) is 4. The van der Waals surface area contributed by atoms with Crippen molar-refractivity contribution in [2.24, 2.45) is 0 Å². The van der Waals surface area contributed by atoms with Gasteiger partial charge in [-0.2, -0.15) is 0 Å². The van der Waals surface area contributed by atoms with Crippen LogP contribution < -0.4 is 4.72 Å². The van der Waals surface area contributed by atoms with E-state index in [1.54, 1.807) is 24.3 Å². The predicted molar refractivity (Wildman–Crippen MR) is 78.3 cm³/mol. The quantitative estimate of drug-likeness (QED) is 0.643. The molecule has 104 valence electrons. The van der Waals surface area contributed by atoms with E-state index >= 15 is 0 Å². The molecule has 1 N–H and O–H groups in total. The van der Waals surface area contributed by atoms with Gasteiger partial charge >= 0.3 is 0 Å². The molecule has 0 heterocycles. The van der Waals surface area contributed by atoms with Gasteiger partial charge in [0.05, 0.1) is 4.90 Å². The Morgan fingerprint density at radius 3 is 2.58 bits per heavy atom. The third-order valence-electron chi connectivity index (χ3n) is 2.82. The summed E-state index contributed by atoms with van der Waals surface area (Å²) >= 11 is 0. The van der Waals surface area contributed by atoms with Gasteiger partial charge in [-0.1, -0.05) is 50.2 Å². The number of benzene rings is 1. The van der Waals surface area contributed by atoms with Gasteiger partial charge in [0.15, 0.2) is 0 Å². The lowest BCUT2D eigenvalue weighted by molar-refractivity contribution is 0.588. The number of sulfonamides is 1. The molecule has 0 amide bonds. The van der Waals surface area contributed by atoms with Crippen LogP contribution in [-0.2, 0) is 10.0 Å². The molecule has 1 aromatic rings. The number of hydrogen-bond acceptors (Lipinski definition) is 2. The lowest BCUT2D eigenvalue weighted by Gasteiger charge is -2.04. The van der Waals surface area contributed by atoms with Crippen molar-refractivity contribution in [1.29, 1.82) is 0 Å². The molecule has 3 nitrogen and oxygen atoms in total. The van der Waals surface area contributed by atoms with Gasteiger partial charge in [-0.3, -0.25) is 0 Å². The minimum atomic E-state index is -3.43. The summed E-state index contributed by atoms with van der Waals surface area (Å²) < 4.78 is 26.0. The van der Waals surface area contributed by atoms with Gasteiger partial charge in [0.1, 0.15) is 0 Å². The predicted octanol–water partition coefficient (Wildman–Crippen LogP) is 2.92. The molecule has 0 aliphatic rings. The van der Waals surface area contributed by atoms with Crippen LogP contribution in [0.2, 0.25) is 0 Å². The third kappa shape index (κ3) is 5.06. The van der Waals surface area contributed by atoms with E-state index in [1.807, 2.05) is 0 Å². The van der Waals surface area contributed by atoms with E-state index in [1.165, 1.54) is 26.3 Å². The van der Waals surface area contributed by atoms with Crippen molar-refractivity contribution in [3.63, 3.8) is 0 Å². The molecule has 0 fully saturated rings. The van der Waals surface area contributed by atoms with E-state index in [4.69, 9.17) is 0 Å². The van der Waals surface area contributed by atoms with E-state index in [2.05, 4.69) is 23.5 Å². The summed E-state index contributed by atoms with van der Waals surface area (Å²) in [6.07, 6.45) is 5.50. The fourth-order valence-electron chi connectivity index (χ4n) is 1.71. The lowest BCUT2D eigenvalue weighted by atomic mass is 10.1. The second-order valence-corrected chi connectivity index (χ2v) is 6.17. The maximum atomic E-state index is 11.8. The van der Waals surface area contributed by atoms with Gasteiger partial charge < -0.3 is 0 Å². The Bertz CT molecular complexity index is 553. The molecule has 0 aromatic heterocycles. The summed E-state index contributed by atoms with van der Waals surface area (Å²) in [4.78, 5) is 0.249. The van der Waals surface area contributed by atoms with Gasteiger partial charge in [0.25, 0.3) is 0 Å². The summed E-state index contributed by atoms with van der Waals surface area (Å²) in [6, 6.07) is 6.82. The Labute approximate surface area is 116 Å². The van der Waals surface area contributed by atoms with Crippen molar-refractivity contribution in [1.82, 2.24) is 4.72 Å². The van der Waals surface area contributed by atoms with E-state index < -0.39 is 10.0 Å². The van der Waals surface area contributed by atoms with Gasteiger partial charge in [0.2, 0.25) is 10.0 Å². The summed E-state index contributed by atoms with van der Waals surface area (Å²) in [7, 11) is -2.03. The minimum Gasteiger partial charge on any atom is -0.214 e. The normalized spacial score (nSPS) is 10.8. The van der Waals surface area contributed by atoms with Gasteiger partial charge in [-0.25, -0.2) is 13.1 Å². The minimum absolute atomic E-state index is 0.249. The maximum Gasteiger partial charge on any atom is 0.241 e. The average Bonchev–Trinajstić information content (AvgIpc) is 2.43. The first-order valence-corrected chi connectivity index (χ1v) is 8.11. The Morgan fingerprint density at radius 1 is 1.16 bits per heavy atom. The summed E-state index contributed by atoms with van der Waals surface area (Å²) in [5.74, 6) is 6.02. The fourth-order valence-corrected chi connectivity index (χ4v) is 2.60. The van der Waals surface area contributed by atoms with Gasteiger partial charge in [0, 0.05) is 12.0 Å². The van der Waals surface area contributed by atoms with Crippen molar-refractivity contribution in [2.45, 2.75) is 43.9 Å². The summed E-state index contributed by atoms with van der Waals surface area (Å²) in [5, 5.41) is 0. The first kappa shape index (κ1) is 15.7. The molecule has 0 aliphatic carbocycles. The first-order valence-electron chi connectivity index (χ1n) is 6.63. The van der Waals surface area contributed by atoms with Crippen molar-refractivity contribution in [3.05, 3.63) is 29.8 Å². The van der Waals surface area contributed by atoms with Gasteiger partial charge in [-0.05, 0) is 25.6 Å². The van der Waals surface area contributed by atoms with E-state index in [0.29, 0.717) is 5.56 Å². The van der Waals surface area contributed by atoms with Crippen LogP contribution in [0.1, 0.15) is 44.6 Å². The highest BCUT2D eigenvalue weighted by Gasteiger charge is 2.14. The molecule has 19 heavy (non-hydrogen) atoms. The van der Waals surface area contributed by atoms with Crippen LogP contribution in [-0.4, -0.2) is 15.5 Å². The van der Waals surface area contributed by atoms with Crippen LogP contribution >= 0.6 is 0 Å². The van der Waals surface area contributed by atoms with Crippen LogP contribution in [0, 0.1) is 11.8 Å². The molecule has 0 radical (unpaired) electrons. The molecule has 0 saturated heterocycles. The SMILES string of the molecule is CCCCCCC#Cc1ccccc1S(=O)(=O)NC. The van der Waals surface area contributed by atoms with Crippen molar-refractivity contribution >= 4 is 10.0 Å². The number of nitrogens with one attached hydrogen (secondary N) is 1. The van der Waals surface area contributed by atoms with E-state index in [-0.39, 0.29) is 4.90 Å². The number of rotatable bonds is 6. The molecule has 0 bridgehead atoms. The van der Waals surface area contributed by atoms with Crippen LogP contribution in [0.3, 0.4) is 0 Å². The highest BCUT2D eigenvalue weighted by molar-refractivity contribution is 7.89. The van der Waals surface area contributed by atoms with Crippen molar-refractivity contribution < 1.29 is 8.42 Å². The average molecular weight is 279 g/mol. The molecule has 0 spiro atoms. The Kier molecular flexibility index (Phi) is 6.61. The fraction of sp³-hybridized carbons (Fsp3) is 0.467. The highest BCUT2D eigenvalue weighted by atomic mass is 32.2. The topological polar surface area (TPSA) is 46.2 Å². The van der Waals surface area contributed by atoms with E-state index in [0.717, 1.165) is 12.8 Å². The monoisotopic (exact) mass is 279 g/mol. The second kappa shape index (κ2) is 7.98. The molecular formula is C15H21NO2S. The zero-order valence-electron chi connectivity index (χ0n) is 11.6. The van der Waals surface area contributed by atoms with E-state index in [9.17, 15) is 8.42 Å². The van der Waals surface area contributed by atoms with Crippen LogP contribution in [0.25, 0.3) is 0 Å². The van der Waals surface area contributed by atoms with Crippen LogP contribution in [0.4, 0.5) is 0 Å². The zero-order chi connectivity index (χ0) is 14.1. The summed E-state index contributed by atoms with van der Waals surface area (Å²) in [5.41, 5.74) is 0.562. The molecule has 4 heteroatoms. The van der Waals surface area contributed by atoms with Crippen LogP contribution in [0.15, 0.2) is 29.2 Å². The molecule has 1 rings (SSSR count). The first-order chi connectivity index (χ1) is 9.11.